The average molecular weight is 576 g/mol. The molecule has 0 radical (unpaired) electrons. The monoisotopic (exact) mass is 575 g/mol. The van der Waals surface area contributed by atoms with Crippen LogP contribution in [0.1, 0.15) is 33.1 Å². The zero-order valence-electron chi connectivity index (χ0n) is 24.4. The number of benzene rings is 3. The Labute approximate surface area is 243 Å². The van der Waals surface area contributed by atoms with Gasteiger partial charge < -0.3 is 37.7 Å². The molecule has 2 heterocycles. The fourth-order valence-corrected chi connectivity index (χ4v) is 5.39. The van der Waals surface area contributed by atoms with Crippen LogP contribution < -0.4 is 34.0 Å². The summed E-state index contributed by atoms with van der Waals surface area (Å²) in [5.74, 6) is 2.59. The van der Waals surface area contributed by atoms with Gasteiger partial charge in [0.25, 0.3) is 5.91 Å². The number of ether oxygens (including phenoxy) is 6. The van der Waals surface area contributed by atoms with Crippen LogP contribution in [0.25, 0.3) is 11.0 Å². The maximum atomic E-state index is 14.1. The molecule has 4 aromatic rings. The van der Waals surface area contributed by atoms with Crippen LogP contribution in [0, 0.1) is 6.92 Å². The van der Waals surface area contributed by atoms with Gasteiger partial charge >= 0.3 is 5.63 Å². The van der Waals surface area contributed by atoms with Gasteiger partial charge in [0.05, 0.1) is 41.6 Å². The highest BCUT2D eigenvalue weighted by Crippen LogP contribution is 2.42. The molecule has 10 nitrogen and oxygen atoms in total. The molecule has 1 aromatic heterocycles. The molecule has 1 aliphatic heterocycles. The molecular weight excluding hydrogens is 542 g/mol. The van der Waals surface area contributed by atoms with Crippen molar-refractivity contribution in [2.75, 3.05) is 48.7 Å². The van der Waals surface area contributed by atoms with E-state index in [-0.39, 0.29) is 12.5 Å². The van der Waals surface area contributed by atoms with Gasteiger partial charge in [-0.05, 0) is 66.4 Å². The molecule has 0 saturated heterocycles. The lowest BCUT2D eigenvalue weighted by atomic mass is 9.91. The van der Waals surface area contributed by atoms with Crippen molar-refractivity contribution in [1.29, 1.82) is 0 Å². The number of carbonyl (C=O) groups is 1. The summed E-state index contributed by atoms with van der Waals surface area (Å²) >= 11 is 0. The van der Waals surface area contributed by atoms with Gasteiger partial charge in [-0.3, -0.25) is 4.79 Å². The smallest absolute Gasteiger partial charge is 0.336 e. The van der Waals surface area contributed by atoms with Gasteiger partial charge in [-0.1, -0.05) is 0 Å². The van der Waals surface area contributed by atoms with Crippen molar-refractivity contribution >= 4 is 16.9 Å². The predicted molar refractivity (Wildman–Crippen MR) is 156 cm³/mol. The van der Waals surface area contributed by atoms with E-state index in [0.717, 1.165) is 22.1 Å². The second-order valence-corrected chi connectivity index (χ2v) is 9.80. The fraction of sp³-hybridized carbons (Fsp3) is 0.312. The lowest BCUT2D eigenvalue weighted by Crippen LogP contribution is -2.42. The van der Waals surface area contributed by atoms with E-state index in [1.165, 1.54) is 27.4 Å². The minimum atomic E-state index is -0.486. The van der Waals surface area contributed by atoms with Crippen molar-refractivity contribution in [3.63, 3.8) is 0 Å². The molecule has 10 heteroatoms. The van der Waals surface area contributed by atoms with E-state index < -0.39 is 11.7 Å². The van der Waals surface area contributed by atoms with Crippen LogP contribution in [0.3, 0.4) is 0 Å². The van der Waals surface area contributed by atoms with Gasteiger partial charge in [0.15, 0.2) is 23.0 Å². The standard InChI is InChI=1S/C32H33NO9/c1-18-11-30(34)42-25-15-21(7-8-22(18)25)41-17-24-23-16-27(37-3)26(36-2)12-19(23)9-10-33(24)32(35)20-13-28(38-4)31(40-6)29(14-20)39-5/h7-8,11-16,24H,9-10,17H2,1-6H3. The highest BCUT2D eigenvalue weighted by molar-refractivity contribution is 5.96. The molecule has 0 bridgehead atoms. The number of rotatable bonds is 9. The summed E-state index contributed by atoms with van der Waals surface area (Å²) in [6.07, 6.45) is 0.600. The number of aryl methyl sites for hydroxylation is 1. The number of carbonyl (C=O) groups excluding carboxylic acids is 1. The summed E-state index contributed by atoms with van der Waals surface area (Å²) in [4.78, 5) is 27.8. The van der Waals surface area contributed by atoms with Crippen LogP contribution in [0.4, 0.5) is 0 Å². The van der Waals surface area contributed by atoms with Gasteiger partial charge in [-0.25, -0.2) is 4.79 Å². The SMILES string of the molecule is COc1cc2c(cc1OC)C(COc1ccc3c(C)cc(=O)oc3c1)N(C(=O)c1cc(OC)c(OC)c(OC)c1)CC2. The zero-order valence-corrected chi connectivity index (χ0v) is 24.4. The Kier molecular flexibility index (Phi) is 8.15. The molecule has 0 aliphatic carbocycles. The lowest BCUT2D eigenvalue weighted by Gasteiger charge is -2.37. The average Bonchev–Trinajstić information content (AvgIpc) is 3.01. The number of nitrogens with zero attached hydrogens (tertiary/aromatic N) is 1. The van der Waals surface area contributed by atoms with Crippen LogP contribution in [0.15, 0.2) is 57.7 Å². The Hall–Kier alpha value is -4.86. The number of methoxy groups -OCH3 is 5. The maximum Gasteiger partial charge on any atom is 0.336 e. The van der Waals surface area contributed by atoms with Gasteiger partial charge in [-0.2, -0.15) is 0 Å². The fourth-order valence-electron chi connectivity index (χ4n) is 5.39. The lowest BCUT2D eigenvalue weighted by molar-refractivity contribution is 0.0588. The molecule has 1 atom stereocenters. The van der Waals surface area contributed by atoms with E-state index in [1.807, 2.05) is 31.2 Å². The van der Waals surface area contributed by atoms with E-state index in [1.54, 1.807) is 37.3 Å². The van der Waals surface area contributed by atoms with Crippen molar-refractivity contribution < 1.29 is 37.6 Å². The third kappa shape index (κ3) is 5.27. The molecule has 1 unspecified atom stereocenters. The van der Waals surface area contributed by atoms with Gasteiger partial charge in [0, 0.05) is 29.6 Å². The molecule has 1 aliphatic rings. The minimum absolute atomic E-state index is 0.125. The van der Waals surface area contributed by atoms with Crippen LogP contribution in [-0.4, -0.2) is 59.5 Å². The highest BCUT2D eigenvalue weighted by atomic mass is 16.5. The van der Waals surface area contributed by atoms with Crippen LogP contribution in [0.5, 0.6) is 34.5 Å². The van der Waals surface area contributed by atoms with E-state index in [4.69, 9.17) is 32.8 Å². The number of fused-ring (bicyclic) bond motifs is 2. The summed E-state index contributed by atoms with van der Waals surface area (Å²) in [5, 5.41) is 0.820. The zero-order chi connectivity index (χ0) is 30.0. The van der Waals surface area contributed by atoms with E-state index in [9.17, 15) is 9.59 Å². The Bertz CT molecular complexity index is 1670. The van der Waals surface area contributed by atoms with Crippen LogP contribution in [-0.2, 0) is 6.42 Å². The number of hydrogen-bond donors (Lipinski definition) is 0. The first-order valence-corrected chi connectivity index (χ1v) is 13.3. The number of amides is 1. The Morgan fingerprint density at radius 2 is 1.52 bits per heavy atom. The molecule has 42 heavy (non-hydrogen) atoms. The quantitative estimate of drug-likeness (QED) is 0.256. The predicted octanol–water partition coefficient (Wildman–Crippen LogP) is 4.96. The maximum absolute atomic E-state index is 14.1. The van der Waals surface area contributed by atoms with E-state index in [2.05, 4.69) is 0 Å². The van der Waals surface area contributed by atoms with Crippen molar-refractivity contribution in [3.8, 4) is 34.5 Å². The topological polar surface area (TPSA) is 106 Å². The van der Waals surface area contributed by atoms with E-state index in [0.29, 0.717) is 58.6 Å². The van der Waals surface area contributed by atoms with Crippen molar-refractivity contribution in [1.82, 2.24) is 4.90 Å². The van der Waals surface area contributed by atoms with E-state index >= 15 is 0 Å². The summed E-state index contributed by atoms with van der Waals surface area (Å²) in [6.45, 7) is 2.41. The minimum Gasteiger partial charge on any atom is -0.493 e. The third-order valence-corrected chi connectivity index (χ3v) is 7.51. The summed E-state index contributed by atoms with van der Waals surface area (Å²) in [6, 6.07) is 13.4. The largest absolute Gasteiger partial charge is 0.493 e. The van der Waals surface area contributed by atoms with Crippen molar-refractivity contribution in [3.05, 3.63) is 81.2 Å². The van der Waals surface area contributed by atoms with Crippen molar-refractivity contribution in [2.45, 2.75) is 19.4 Å². The summed E-state index contributed by atoms with van der Waals surface area (Å²) in [5.41, 5.74) is 3.09. The van der Waals surface area contributed by atoms with Crippen molar-refractivity contribution in [2.24, 2.45) is 0 Å². The van der Waals surface area contributed by atoms with Gasteiger partial charge in [0.2, 0.25) is 5.75 Å². The molecule has 0 fully saturated rings. The Balaban J connectivity index is 1.55. The normalized spacial score (nSPS) is 14.2. The first kappa shape index (κ1) is 28.7. The summed E-state index contributed by atoms with van der Waals surface area (Å²) < 4.78 is 39.2. The summed E-state index contributed by atoms with van der Waals surface area (Å²) in [7, 11) is 7.69. The third-order valence-electron chi connectivity index (χ3n) is 7.51. The molecule has 0 N–H and O–H groups in total. The molecule has 0 spiro atoms. The second kappa shape index (κ2) is 11.9. The molecule has 1 amide bonds. The van der Waals surface area contributed by atoms with Gasteiger partial charge in [-0.15, -0.1) is 0 Å². The van der Waals surface area contributed by atoms with Gasteiger partial charge in [0.1, 0.15) is 17.9 Å². The molecule has 220 valence electrons. The molecular formula is C32H33NO9. The second-order valence-electron chi connectivity index (χ2n) is 9.80. The first-order chi connectivity index (χ1) is 20.3. The highest BCUT2D eigenvalue weighted by Gasteiger charge is 2.34. The molecule has 3 aromatic carbocycles. The Morgan fingerprint density at radius 3 is 2.17 bits per heavy atom. The Morgan fingerprint density at radius 1 is 0.857 bits per heavy atom. The molecule has 0 saturated carbocycles. The molecule has 5 rings (SSSR count). The van der Waals surface area contributed by atoms with Crippen LogP contribution >= 0.6 is 0 Å². The number of hydrogen-bond acceptors (Lipinski definition) is 9. The first-order valence-electron chi connectivity index (χ1n) is 13.3. The van der Waals surface area contributed by atoms with Crippen LogP contribution in [0.2, 0.25) is 0 Å².